The lowest BCUT2D eigenvalue weighted by Crippen LogP contribution is -2.63. The van der Waals surface area contributed by atoms with E-state index in [1.165, 1.54) is 18.2 Å². The monoisotopic (exact) mass is 525 g/mol. The van der Waals surface area contributed by atoms with Crippen LogP contribution in [0, 0.1) is 0 Å². The van der Waals surface area contributed by atoms with Gasteiger partial charge in [-0.1, -0.05) is 12.6 Å². The minimum Gasteiger partial charge on any atom is -0.454 e. The van der Waals surface area contributed by atoms with E-state index in [-0.39, 0.29) is 29.5 Å². The van der Waals surface area contributed by atoms with Crippen molar-refractivity contribution >= 4 is 21.8 Å². The number of benzene rings is 2. The molecule has 0 bridgehead atoms. The molecule has 0 radical (unpaired) electrons. The van der Waals surface area contributed by atoms with Crippen molar-refractivity contribution in [2.24, 2.45) is 0 Å². The maximum atomic E-state index is 13.6. The molecule has 1 spiro atoms. The summed E-state index contributed by atoms with van der Waals surface area (Å²) in [6.45, 7) is 4.48. The van der Waals surface area contributed by atoms with E-state index in [0.29, 0.717) is 43.7 Å². The summed E-state index contributed by atoms with van der Waals surface area (Å²) in [6, 6.07) is 11.7. The first kappa shape index (κ1) is 25.3. The molecule has 2 N–H and O–H groups in total. The zero-order valence-corrected chi connectivity index (χ0v) is 21.4. The molecule has 1 unspecified atom stereocenters. The van der Waals surface area contributed by atoms with Gasteiger partial charge in [0, 0.05) is 30.2 Å². The van der Waals surface area contributed by atoms with Gasteiger partial charge in [-0.25, -0.2) is 8.42 Å². The number of rotatable bonds is 8. The first-order valence-corrected chi connectivity index (χ1v) is 14.0. The Balaban J connectivity index is 1.20. The Morgan fingerprint density at radius 2 is 1.86 bits per heavy atom. The lowest BCUT2D eigenvalue weighted by atomic mass is 9.70. The lowest BCUT2D eigenvalue weighted by Gasteiger charge is -2.54. The summed E-state index contributed by atoms with van der Waals surface area (Å²) in [5.74, 6) is 0.921. The number of nitrogens with one attached hydrogen (secondary N) is 2. The number of hydrogen-bond acceptors (Lipinski definition) is 6. The number of carbonyl (C=O) groups excluding carboxylic acids is 2. The smallest absolute Gasteiger partial charge is 0.251 e. The summed E-state index contributed by atoms with van der Waals surface area (Å²) < 4.78 is 39.5. The Labute approximate surface area is 216 Å². The third-order valence-electron chi connectivity index (χ3n) is 7.49. The number of piperidine rings is 1. The molecule has 2 fully saturated rings. The highest BCUT2D eigenvalue weighted by atomic mass is 32.2. The highest BCUT2D eigenvalue weighted by Crippen LogP contribution is 2.47. The van der Waals surface area contributed by atoms with E-state index in [9.17, 15) is 18.0 Å². The highest BCUT2D eigenvalue weighted by molar-refractivity contribution is 7.89. The Morgan fingerprint density at radius 1 is 1.11 bits per heavy atom. The van der Waals surface area contributed by atoms with Gasteiger partial charge in [-0.05, 0) is 86.6 Å². The molecule has 1 atom stereocenters. The van der Waals surface area contributed by atoms with Gasteiger partial charge in [0.25, 0.3) is 5.91 Å². The third kappa shape index (κ3) is 5.08. The van der Waals surface area contributed by atoms with Crippen molar-refractivity contribution in [3.63, 3.8) is 0 Å². The van der Waals surface area contributed by atoms with E-state index in [0.717, 1.165) is 30.6 Å². The second-order valence-corrected chi connectivity index (χ2v) is 11.6. The van der Waals surface area contributed by atoms with Gasteiger partial charge in [-0.3, -0.25) is 9.59 Å². The maximum Gasteiger partial charge on any atom is 0.251 e. The molecule has 2 heterocycles. The van der Waals surface area contributed by atoms with Gasteiger partial charge in [0.05, 0.1) is 4.90 Å². The number of sulfonamides is 1. The Hall–Kier alpha value is -3.37. The normalized spacial score (nSPS) is 20.2. The summed E-state index contributed by atoms with van der Waals surface area (Å²) in [4.78, 5) is 24.6. The van der Waals surface area contributed by atoms with Crippen LogP contribution in [0.1, 0.15) is 48.0 Å². The Morgan fingerprint density at radius 3 is 2.57 bits per heavy atom. The number of ether oxygens (including phenoxy) is 2. The van der Waals surface area contributed by atoms with Gasteiger partial charge in [0.15, 0.2) is 11.5 Å². The number of carbonyl (C=O) groups is 2. The van der Waals surface area contributed by atoms with Crippen LogP contribution in [0.2, 0.25) is 0 Å². The van der Waals surface area contributed by atoms with E-state index in [1.807, 2.05) is 18.2 Å². The van der Waals surface area contributed by atoms with Gasteiger partial charge in [0.1, 0.15) is 0 Å². The van der Waals surface area contributed by atoms with Gasteiger partial charge in [0.2, 0.25) is 22.7 Å². The van der Waals surface area contributed by atoms with Crippen LogP contribution in [0.4, 0.5) is 0 Å². The quantitative estimate of drug-likeness (QED) is 0.513. The molecule has 1 saturated heterocycles. The molecule has 2 amide bonds. The molecule has 10 heteroatoms. The number of amides is 2. The lowest BCUT2D eigenvalue weighted by molar-refractivity contribution is -0.117. The zero-order chi connectivity index (χ0) is 26.0. The van der Waals surface area contributed by atoms with Crippen LogP contribution >= 0.6 is 0 Å². The molecule has 1 aliphatic carbocycles. The Kier molecular flexibility index (Phi) is 6.96. The van der Waals surface area contributed by atoms with Crippen LogP contribution in [-0.2, 0) is 21.2 Å². The number of nitrogens with zero attached hydrogens (tertiary/aromatic N) is 1. The molecular weight excluding hydrogens is 494 g/mol. The van der Waals surface area contributed by atoms with E-state index in [1.54, 1.807) is 16.4 Å². The standard InChI is InChI=1S/C27H31N3O6S/c1-2-25(31)29-21-11-15-30(27(17-21)12-3-13-27)37(33,34)22-7-5-20(6-8-22)26(32)28-14-10-19-4-9-23-24(16-19)36-18-35-23/h2,4-9,16,21H,1,3,10-15,17-18H2,(H,28,32)(H,29,31). The van der Waals surface area contributed by atoms with Crippen LogP contribution in [0.15, 0.2) is 60.0 Å². The van der Waals surface area contributed by atoms with Crippen LogP contribution < -0.4 is 20.1 Å². The number of fused-ring (bicyclic) bond motifs is 1. The van der Waals surface area contributed by atoms with E-state index < -0.39 is 15.6 Å². The average molecular weight is 526 g/mol. The topological polar surface area (TPSA) is 114 Å². The SMILES string of the molecule is C=CC(=O)NC1CCN(S(=O)(=O)c2ccc(C(=O)NCCc3ccc4c(c3)OCO4)cc2)C2(CCC2)C1. The molecule has 37 heavy (non-hydrogen) atoms. The van der Waals surface area contributed by atoms with Gasteiger partial charge in [-0.2, -0.15) is 4.31 Å². The first-order valence-electron chi connectivity index (χ1n) is 12.5. The molecule has 9 nitrogen and oxygen atoms in total. The molecule has 196 valence electrons. The van der Waals surface area contributed by atoms with Crippen molar-refractivity contribution < 1.29 is 27.5 Å². The van der Waals surface area contributed by atoms with Gasteiger partial charge >= 0.3 is 0 Å². The fourth-order valence-corrected chi connectivity index (χ4v) is 7.24. The van der Waals surface area contributed by atoms with Crippen molar-refractivity contribution in [2.75, 3.05) is 19.9 Å². The molecule has 0 aromatic heterocycles. The molecular formula is C27H31N3O6S. The van der Waals surface area contributed by atoms with E-state index in [4.69, 9.17) is 9.47 Å². The molecule has 1 saturated carbocycles. The van der Waals surface area contributed by atoms with E-state index >= 15 is 0 Å². The minimum absolute atomic E-state index is 0.0685. The predicted octanol–water partition coefficient (Wildman–Crippen LogP) is 2.77. The maximum absolute atomic E-state index is 13.6. The van der Waals surface area contributed by atoms with Crippen molar-refractivity contribution in [1.29, 1.82) is 0 Å². The molecule has 3 aliphatic rings. The van der Waals surface area contributed by atoms with Crippen LogP contribution in [-0.4, -0.2) is 56.0 Å². The summed E-state index contributed by atoms with van der Waals surface area (Å²) in [5.41, 5.74) is 0.943. The summed E-state index contributed by atoms with van der Waals surface area (Å²) in [7, 11) is -3.74. The highest BCUT2D eigenvalue weighted by Gasteiger charge is 2.51. The Bertz CT molecular complexity index is 1300. The van der Waals surface area contributed by atoms with Crippen molar-refractivity contribution in [2.45, 2.75) is 55.0 Å². The van der Waals surface area contributed by atoms with Crippen molar-refractivity contribution in [3.8, 4) is 11.5 Å². The zero-order valence-electron chi connectivity index (χ0n) is 20.6. The van der Waals surface area contributed by atoms with Crippen molar-refractivity contribution in [1.82, 2.24) is 14.9 Å². The summed E-state index contributed by atoms with van der Waals surface area (Å²) >= 11 is 0. The molecule has 2 aliphatic heterocycles. The molecule has 2 aromatic rings. The summed E-state index contributed by atoms with van der Waals surface area (Å²) in [5, 5.41) is 5.81. The summed E-state index contributed by atoms with van der Waals surface area (Å²) in [6.07, 6.45) is 5.51. The fourth-order valence-electron chi connectivity index (χ4n) is 5.39. The third-order valence-corrected chi connectivity index (χ3v) is 9.51. The fraction of sp³-hybridized carbons (Fsp3) is 0.407. The van der Waals surface area contributed by atoms with Crippen LogP contribution in [0.25, 0.3) is 0 Å². The van der Waals surface area contributed by atoms with Gasteiger partial charge < -0.3 is 20.1 Å². The first-order chi connectivity index (χ1) is 17.8. The minimum atomic E-state index is -3.74. The second kappa shape index (κ2) is 10.2. The van der Waals surface area contributed by atoms with E-state index in [2.05, 4.69) is 17.2 Å². The second-order valence-electron chi connectivity index (χ2n) is 9.78. The molecule has 5 rings (SSSR count). The van der Waals surface area contributed by atoms with Crippen LogP contribution in [0.3, 0.4) is 0 Å². The number of hydrogen-bond donors (Lipinski definition) is 2. The largest absolute Gasteiger partial charge is 0.454 e. The molecule has 2 aromatic carbocycles. The predicted molar refractivity (Wildman–Crippen MR) is 137 cm³/mol. The van der Waals surface area contributed by atoms with Crippen LogP contribution in [0.5, 0.6) is 11.5 Å². The van der Waals surface area contributed by atoms with Crippen molar-refractivity contribution in [3.05, 3.63) is 66.2 Å². The average Bonchev–Trinajstić information content (AvgIpc) is 3.35. The van der Waals surface area contributed by atoms with Gasteiger partial charge in [-0.15, -0.1) is 0 Å².